The molecule has 0 fully saturated rings. The summed E-state index contributed by atoms with van der Waals surface area (Å²) in [5.74, 6) is 0. The van der Waals surface area contributed by atoms with Crippen LogP contribution < -0.4 is 5.73 Å². The second kappa shape index (κ2) is 4.45. The Morgan fingerprint density at radius 3 is 2.38 bits per heavy atom. The van der Waals surface area contributed by atoms with Crippen LogP contribution in [0.25, 0.3) is 0 Å². The first-order chi connectivity index (χ1) is 7.59. The highest BCUT2D eigenvalue weighted by molar-refractivity contribution is 6.31. The van der Waals surface area contributed by atoms with Gasteiger partial charge in [0.2, 0.25) is 0 Å². The minimum atomic E-state index is -0.294. The lowest BCUT2D eigenvalue weighted by atomic mass is 10.1. The van der Waals surface area contributed by atoms with Crippen molar-refractivity contribution in [3.63, 3.8) is 0 Å². The molecule has 16 heavy (non-hydrogen) atoms. The minimum absolute atomic E-state index is 0.294. The van der Waals surface area contributed by atoms with Gasteiger partial charge in [0, 0.05) is 12.1 Å². The minimum Gasteiger partial charge on any atom is -0.319 e. The second-order valence-corrected chi connectivity index (χ2v) is 4.37. The van der Waals surface area contributed by atoms with Gasteiger partial charge in [-0.1, -0.05) is 35.3 Å². The number of nitrogens with two attached hydrogens (primary N) is 1. The summed E-state index contributed by atoms with van der Waals surface area (Å²) in [6, 6.07) is 7.09. The van der Waals surface area contributed by atoms with E-state index in [0.717, 1.165) is 11.3 Å². The molecule has 3 nitrogen and oxygen atoms in total. The van der Waals surface area contributed by atoms with Crippen molar-refractivity contribution in [2.75, 3.05) is 0 Å². The van der Waals surface area contributed by atoms with Crippen molar-refractivity contribution >= 4 is 23.2 Å². The highest BCUT2D eigenvalue weighted by Gasteiger charge is 2.16. The molecule has 2 rings (SSSR count). The average molecular weight is 256 g/mol. The molecule has 0 radical (unpaired) electrons. The molecule has 0 bridgehead atoms. The van der Waals surface area contributed by atoms with Gasteiger partial charge in [0.05, 0.1) is 23.0 Å². The van der Waals surface area contributed by atoms with Crippen LogP contribution in [0.3, 0.4) is 0 Å². The average Bonchev–Trinajstić information content (AvgIpc) is 2.59. The Hall–Kier alpha value is -1.03. The van der Waals surface area contributed by atoms with Crippen LogP contribution in [0.5, 0.6) is 0 Å². The lowest BCUT2D eigenvalue weighted by Gasteiger charge is -2.13. The largest absolute Gasteiger partial charge is 0.319 e. The third kappa shape index (κ3) is 2.07. The molecule has 1 aromatic carbocycles. The van der Waals surface area contributed by atoms with Crippen molar-refractivity contribution in [3.8, 4) is 0 Å². The maximum Gasteiger partial charge on any atom is 0.0837 e. The van der Waals surface area contributed by atoms with Gasteiger partial charge in [-0.15, -0.1) is 0 Å². The van der Waals surface area contributed by atoms with Crippen molar-refractivity contribution in [1.29, 1.82) is 0 Å². The summed E-state index contributed by atoms with van der Waals surface area (Å²) in [6.07, 6.45) is 1.59. The molecule has 1 heterocycles. The van der Waals surface area contributed by atoms with E-state index in [2.05, 4.69) is 5.10 Å². The Morgan fingerprint density at radius 1 is 1.25 bits per heavy atom. The summed E-state index contributed by atoms with van der Waals surface area (Å²) in [7, 11) is 1.82. The number of nitrogens with zero attached hydrogens (tertiary/aromatic N) is 2. The molecule has 0 saturated heterocycles. The molecular formula is C11H11Cl2N3. The summed E-state index contributed by atoms with van der Waals surface area (Å²) in [5.41, 5.74) is 7.87. The first kappa shape index (κ1) is 11.5. The third-order valence-corrected chi connectivity index (χ3v) is 3.00. The highest BCUT2D eigenvalue weighted by atomic mass is 35.5. The van der Waals surface area contributed by atoms with Gasteiger partial charge in [-0.05, 0) is 17.7 Å². The van der Waals surface area contributed by atoms with Crippen LogP contribution >= 0.6 is 23.2 Å². The van der Waals surface area contributed by atoms with Gasteiger partial charge in [-0.2, -0.15) is 5.10 Å². The van der Waals surface area contributed by atoms with E-state index in [0.29, 0.717) is 10.0 Å². The Bertz CT molecular complexity index is 471. The van der Waals surface area contributed by atoms with Crippen molar-refractivity contribution in [2.45, 2.75) is 6.04 Å². The smallest absolute Gasteiger partial charge is 0.0837 e. The number of hydrogen-bond donors (Lipinski definition) is 1. The monoisotopic (exact) mass is 255 g/mol. The van der Waals surface area contributed by atoms with E-state index in [1.807, 2.05) is 19.2 Å². The van der Waals surface area contributed by atoms with Crippen LogP contribution in [0.15, 0.2) is 30.5 Å². The number of rotatable bonds is 2. The van der Waals surface area contributed by atoms with Crippen LogP contribution in [0.4, 0.5) is 0 Å². The third-order valence-electron chi connectivity index (χ3n) is 2.46. The van der Waals surface area contributed by atoms with Gasteiger partial charge >= 0.3 is 0 Å². The van der Waals surface area contributed by atoms with Crippen molar-refractivity contribution < 1.29 is 0 Å². The lowest BCUT2D eigenvalue weighted by molar-refractivity contribution is 0.673. The normalized spacial score (nSPS) is 12.8. The molecular weight excluding hydrogens is 245 g/mol. The summed E-state index contributed by atoms with van der Waals surface area (Å²) in [5, 5.41) is 5.32. The highest BCUT2D eigenvalue weighted by Crippen LogP contribution is 2.26. The predicted molar refractivity (Wildman–Crippen MR) is 65.7 cm³/mol. The van der Waals surface area contributed by atoms with Crippen molar-refractivity contribution in [1.82, 2.24) is 9.78 Å². The molecule has 0 amide bonds. The SMILES string of the molecule is Cn1ncc(Cl)c1C(N)c1ccc(Cl)cc1. The van der Waals surface area contributed by atoms with Gasteiger partial charge < -0.3 is 5.73 Å². The van der Waals surface area contributed by atoms with Gasteiger partial charge in [-0.3, -0.25) is 4.68 Å². The summed E-state index contributed by atoms with van der Waals surface area (Å²) >= 11 is 11.9. The van der Waals surface area contributed by atoms with Crippen LogP contribution in [0.2, 0.25) is 10.0 Å². The molecule has 2 N–H and O–H groups in total. The molecule has 84 valence electrons. The summed E-state index contributed by atoms with van der Waals surface area (Å²) < 4.78 is 1.68. The van der Waals surface area contributed by atoms with Crippen molar-refractivity contribution in [3.05, 3.63) is 51.8 Å². The molecule has 0 spiro atoms. The molecule has 1 atom stereocenters. The van der Waals surface area contributed by atoms with E-state index in [1.54, 1.807) is 23.0 Å². The van der Waals surface area contributed by atoms with Crippen LogP contribution in [-0.4, -0.2) is 9.78 Å². The van der Waals surface area contributed by atoms with E-state index in [4.69, 9.17) is 28.9 Å². The van der Waals surface area contributed by atoms with Gasteiger partial charge in [0.15, 0.2) is 0 Å². The Labute approximate surface area is 104 Å². The topological polar surface area (TPSA) is 43.8 Å². The summed E-state index contributed by atoms with van der Waals surface area (Å²) in [6.45, 7) is 0. The molecule has 5 heteroatoms. The molecule has 0 aliphatic rings. The first-order valence-electron chi connectivity index (χ1n) is 4.78. The van der Waals surface area contributed by atoms with E-state index in [1.165, 1.54) is 0 Å². The van der Waals surface area contributed by atoms with Gasteiger partial charge in [0.1, 0.15) is 0 Å². The number of aromatic nitrogens is 2. The van der Waals surface area contributed by atoms with Crippen LogP contribution in [0, 0.1) is 0 Å². The van der Waals surface area contributed by atoms with Crippen LogP contribution in [0.1, 0.15) is 17.3 Å². The Kier molecular flexibility index (Phi) is 3.19. The van der Waals surface area contributed by atoms with E-state index in [9.17, 15) is 0 Å². The zero-order valence-electron chi connectivity index (χ0n) is 8.69. The second-order valence-electron chi connectivity index (χ2n) is 3.53. The quantitative estimate of drug-likeness (QED) is 0.897. The summed E-state index contributed by atoms with van der Waals surface area (Å²) in [4.78, 5) is 0. The Morgan fingerprint density at radius 2 is 1.88 bits per heavy atom. The maximum absolute atomic E-state index is 6.12. The molecule has 0 aliphatic carbocycles. The fraction of sp³-hybridized carbons (Fsp3) is 0.182. The predicted octanol–water partition coefficient (Wildman–Crippen LogP) is 2.78. The number of benzene rings is 1. The zero-order valence-corrected chi connectivity index (χ0v) is 10.2. The number of hydrogen-bond acceptors (Lipinski definition) is 2. The number of halogens is 2. The first-order valence-corrected chi connectivity index (χ1v) is 5.53. The number of aryl methyl sites for hydroxylation is 1. The van der Waals surface area contributed by atoms with Gasteiger partial charge in [-0.25, -0.2) is 0 Å². The molecule has 1 unspecified atom stereocenters. The molecule has 2 aromatic rings. The molecule has 0 aliphatic heterocycles. The zero-order chi connectivity index (χ0) is 11.7. The standard InChI is InChI=1S/C11H11Cl2N3/c1-16-11(9(13)6-15-16)10(14)7-2-4-8(12)5-3-7/h2-6,10H,14H2,1H3. The van der Waals surface area contributed by atoms with E-state index in [-0.39, 0.29) is 6.04 Å². The maximum atomic E-state index is 6.12. The van der Waals surface area contributed by atoms with Crippen LogP contribution in [-0.2, 0) is 7.05 Å². The molecule has 1 aromatic heterocycles. The van der Waals surface area contributed by atoms with E-state index >= 15 is 0 Å². The lowest BCUT2D eigenvalue weighted by Crippen LogP contribution is -2.16. The van der Waals surface area contributed by atoms with Gasteiger partial charge in [0.25, 0.3) is 0 Å². The Balaban J connectivity index is 2.39. The fourth-order valence-electron chi connectivity index (χ4n) is 1.60. The van der Waals surface area contributed by atoms with Crippen molar-refractivity contribution in [2.24, 2.45) is 12.8 Å². The molecule has 0 saturated carbocycles. The fourth-order valence-corrected chi connectivity index (χ4v) is 2.01. The van der Waals surface area contributed by atoms with E-state index < -0.39 is 0 Å².